The van der Waals surface area contributed by atoms with Crippen LogP contribution >= 0.6 is 0 Å². The summed E-state index contributed by atoms with van der Waals surface area (Å²) in [5.41, 5.74) is 1.11. The van der Waals surface area contributed by atoms with Crippen molar-refractivity contribution in [2.45, 2.75) is 27.7 Å². The van der Waals surface area contributed by atoms with Gasteiger partial charge in [-0.25, -0.2) is 0 Å². The first kappa shape index (κ1) is 16.3. The smallest absolute Gasteiger partial charge is 0.142 e. The fourth-order valence-electron chi connectivity index (χ4n) is 0.999. The summed E-state index contributed by atoms with van der Waals surface area (Å²) in [6, 6.07) is 7.94. The SMILES string of the molecule is CC.CC.COc1ccccc1N(C)C. The average Bonchev–Trinajstić information content (AvgIpc) is 2.34. The van der Waals surface area contributed by atoms with Crippen molar-refractivity contribution < 1.29 is 4.74 Å². The van der Waals surface area contributed by atoms with Crippen molar-refractivity contribution in [2.24, 2.45) is 0 Å². The lowest BCUT2D eigenvalue weighted by Gasteiger charge is -2.15. The highest BCUT2D eigenvalue weighted by molar-refractivity contribution is 5.57. The second-order valence-corrected chi connectivity index (χ2v) is 2.57. The largest absolute Gasteiger partial charge is 0.495 e. The van der Waals surface area contributed by atoms with Gasteiger partial charge in [-0.1, -0.05) is 39.8 Å². The second kappa shape index (κ2) is 10.9. The third-order valence-corrected chi connectivity index (χ3v) is 1.57. The highest BCUT2D eigenvalue weighted by atomic mass is 16.5. The molecule has 0 saturated heterocycles. The van der Waals surface area contributed by atoms with Crippen LogP contribution < -0.4 is 9.64 Å². The maximum Gasteiger partial charge on any atom is 0.142 e. The molecule has 0 saturated carbocycles. The van der Waals surface area contributed by atoms with E-state index in [-0.39, 0.29) is 0 Å². The molecular formula is C13H25NO. The minimum absolute atomic E-state index is 0.914. The van der Waals surface area contributed by atoms with E-state index in [1.54, 1.807) is 7.11 Å². The molecule has 1 rings (SSSR count). The van der Waals surface area contributed by atoms with E-state index in [1.807, 2.05) is 71.0 Å². The molecule has 0 aliphatic carbocycles. The van der Waals surface area contributed by atoms with Gasteiger partial charge in [0.1, 0.15) is 5.75 Å². The van der Waals surface area contributed by atoms with Crippen LogP contribution in [0.2, 0.25) is 0 Å². The van der Waals surface area contributed by atoms with Gasteiger partial charge in [0.05, 0.1) is 12.8 Å². The number of hydrogen-bond donors (Lipinski definition) is 0. The van der Waals surface area contributed by atoms with Crippen LogP contribution in [-0.2, 0) is 0 Å². The topological polar surface area (TPSA) is 12.5 Å². The van der Waals surface area contributed by atoms with Crippen LogP contribution in [0.3, 0.4) is 0 Å². The predicted octanol–water partition coefficient (Wildman–Crippen LogP) is 3.81. The zero-order valence-corrected chi connectivity index (χ0v) is 11.2. The molecule has 2 heteroatoms. The molecule has 0 unspecified atom stereocenters. The van der Waals surface area contributed by atoms with Crippen LogP contribution in [-0.4, -0.2) is 21.2 Å². The molecule has 0 fully saturated rings. The zero-order chi connectivity index (χ0) is 12.3. The molecule has 0 amide bonds. The molecular weight excluding hydrogens is 186 g/mol. The second-order valence-electron chi connectivity index (χ2n) is 2.57. The summed E-state index contributed by atoms with van der Waals surface area (Å²) < 4.78 is 5.16. The van der Waals surface area contributed by atoms with E-state index in [1.165, 1.54) is 0 Å². The Labute approximate surface area is 94.9 Å². The molecule has 15 heavy (non-hydrogen) atoms. The first-order valence-electron chi connectivity index (χ1n) is 5.56. The van der Waals surface area contributed by atoms with Gasteiger partial charge in [-0.2, -0.15) is 0 Å². The molecule has 0 N–H and O–H groups in total. The van der Waals surface area contributed by atoms with Gasteiger partial charge in [-0.3, -0.25) is 0 Å². The van der Waals surface area contributed by atoms with E-state index < -0.39 is 0 Å². The minimum atomic E-state index is 0.914. The van der Waals surface area contributed by atoms with Crippen LogP contribution in [0.1, 0.15) is 27.7 Å². The number of ether oxygens (including phenoxy) is 1. The number of rotatable bonds is 2. The lowest BCUT2D eigenvalue weighted by Crippen LogP contribution is -2.09. The normalized spacial score (nSPS) is 7.67. The molecule has 0 aliphatic heterocycles. The third-order valence-electron chi connectivity index (χ3n) is 1.57. The Morgan fingerprint density at radius 1 is 0.933 bits per heavy atom. The summed E-state index contributed by atoms with van der Waals surface area (Å²) in [5.74, 6) is 0.914. The van der Waals surface area contributed by atoms with Gasteiger partial charge in [-0.15, -0.1) is 0 Å². The summed E-state index contributed by atoms with van der Waals surface area (Å²) in [4.78, 5) is 2.03. The molecule has 0 spiro atoms. The maximum atomic E-state index is 5.16. The summed E-state index contributed by atoms with van der Waals surface area (Å²) >= 11 is 0. The molecule has 0 bridgehead atoms. The molecule has 2 nitrogen and oxygen atoms in total. The van der Waals surface area contributed by atoms with Gasteiger partial charge in [0.2, 0.25) is 0 Å². The Hall–Kier alpha value is -1.18. The monoisotopic (exact) mass is 211 g/mol. The summed E-state index contributed by atoms with van der Waals surface area (Å²) in [5, 5.41) is 0. The van der Waals surface area contributed by atoms with E-state index in [2.05, 4.69) is 0 Å². The van der Waals surface area contributed by atoms with E-state index >= 15 is 0 Å². The molecule has 1 aromatic rings. The molecule has 0 radical (unpaired) electrons. The Morgan fingerprint density at radius 2 is 1.40 bits per heavy atom. The van der Waals surface area contributed by atoms with Gasteiger partial charge in [0.25, 0.3) is 0 Å². The highest BCUT2D eigenvalue weighted by Crippen LogP contribution is 2.24. The number of anilines is 1. The van der Waals surface area contributed by atoms with Crippen molar-refractivity contribution in [2.75, 3.05) is 26.1 Å². The number of methoxy groups -OCH3 is 1. The highest BCUT2D eigenvalue weighted by Gasteiger charge is 2.00. The van der Waals surface area contributed by atoms with Crippen molar-refractivity contribution in [1.82, 2.24) is 0 Å². The fraction of sp³-hybridized carbons (Fsp3) is 0.538. The molecule has 1 aromatic carbocycles. The molecule has 0 aromatic heterocycles. The Bertz CT molecular complexity index is 234. The van der Waals surface area contributed by atoms with Crippen molar-refractivity contribution in [3.63, 3.8) is 0 Å². The van der Waals surface area contributed by atoms with Crippen LogP contribution in [0.5, 0.6) is 5.75 Å². The van der Waals surface area contributed by atoms with E-state index in [4.69, 9.17) is 4.74 Å². The lowest BCUT2D eigenvalue weighted by atomic mass is 10.3. The van der Waals surface area contributed by atoms with E-state index in [9.17, 15) is 0 Å². The van der Waals surface area contributed by atoms with E-state index in [0.29, 0.717) is 0 Å². The number of para-hydroxylation sites is 2. The summed E-state index contributed by atoms with van der Waals surface area (Å²) in [6.45, 7) is 8.00. The summed E-state index contributed by atoms with van der Waals surface area (Å²) in [7, 11) is 5.68. The fourth-order valence-corrected chi connectivity index (χ4v) is 0.999. The molecule has 0 atom stereocenters. The van der Waals surface area contributed by atoms with Crippen LogP contribution in [0, 0.1) is 0 Å². The maximum absolute atomic E-state index is 5.16. The molecule has 88 valence electrons. The van der Waals surface area contributed by atoms with Crippen molar-refractivity contribution in [1.29, 1.82) is 0 Å². The van der Waals surface area contributed by atoms with Gasteiger partial charge in [0.15, 0.2) is 0 Å². The van der Waals surface area contributed by atoms with Gasteiger partial charge in [-0.05, 0) is 12.1 Å². The van der Waals surface area contributed by atoms with Gasteiger partial charge >= 0.3 is 0 Å². The van der Waals surface area contributed by atoms with Crippen molar-refractivity contribution in [3.8, 4) is 5.75 Å². The minimum Gasteiger partial charge on any atom is -0.495 e. The molecule has 0 heterocycles. The van der Waals surface area contributed by atoms with Crippen LogP contribution in [0.25, 0.3) is 0 Å². The van der Waals surface area contributed by atoms with Crippen LogP contribution in [0.15, 0.2) is 24.3 Å². The Kier molecular flexibility index (Phi) is 11.8. The first-order chi connectivity index (χ1) is 7.25. The third kappa shape index (κ3) is 6.00. The van der Waals surface area contributed by atoms with Gasteiger partial charge in [0, 0.05) is 14.1 Å². The van der Waals surface area contributed by atoms with Gasteiger partial charge < -0.3 is 9.64 Å². The van der Waals surface area contributed by atoms with E-state index in [0.717, 1.165) is 11.4 Å². The number of benzene rings is 1. The Morgan fingerprint density at radius 3 is 1.73 bits per heavy atom. The van der Waals surface area contributed by atoms with Crippen LogP contribution in [0.4, 0.5) is 5.69 Å². The quantitative estimate of drug-likeness (QED) is 0.737. The summed E-state index contributed by atoms with van der Waals surface area (Å²) in [6.07, 6.45) is 0. The number of hydrogen-bond acceptors (Lipinski definition) is 2. The first-order valence-corrected chi connectivity index (χ1v) is 5.56. The Balaban J connectivity index is 0. The van der Waals surface area contributed by atoms with Crippen molar-refractivity contribution in [3.05, 3.63) is 24.3 Å². The average molecular weight is 211 g/mol. The molecule has 0 aliphatic rings. The number of nitrogens with zero attached hydrogens (tertiary/aromatic N) is 1. The lowest BCUT2D eigenvalue weighted by molar-refractivity contribution is 0.415. The predicted molar refractivity (Wildman–Crippen MR) is 70.0 cm³/mol. The standard InChI is InChI=1S/C9H13NO.2C2H6/c1-10(2)8-6-4-5-7-9(8)11-3;2*1-2/h4-7H,1-3H3;2*1-2H3. The van der Waals surface area contributed by atoms with Crippen molar-refractivity contribution >= 4 is 5.69 Å². The zero-order valence-electron chi connectivity index (χ0n) is 11.2.